The highest BCUT2D eigenvalue weighted by Crippen LogP contribution is 2.32. The Labute approximate surface area is 123 Å². The smallest absolute Gasteiger partial charge is 0.124 e. The number of ether oxygens (including phenoxy) is 1. The third-order valence-corrected chi connectivity index (χ3v) is 4.46. The molecule has 0 spiro atoms. The van der Waals surface area contributed by atoms with E-state index in [0.717, 1.165) is 18.7 Å². The first-order valence-electron chi connectivity index (χ1n) is 8.25. The summed E-state index contributed by atoms with van der Waals surface area (Å²) < 4.78 is 6.39. The van der Waals surface area contributed by atoms with Crippen molar-refractivity contribution in [1.29, 1.82) is 0 Å². The van der Waals surface area contributed by atoms with Crippen molar-refractivity contribution >= 4 is 0 Å². The lowest BCUT2D eigenvalue weighted by Crippen LogP contribution is -2.29. The van der Waals surface area contributed by atoms with Gasteiger partial charge in [0.15, 0.2) is 0 Å². The molecule has 20 heavy (non-hydrogen) atoms. The predicted octanol–water partition coefficient (Wildman–Crippen LogP) is 4.70. The number of hydrogen-bond donors (Lipinski definition) is 1. The normalized spacial score (nSPS) is 24.4. The zero-order valence-corrected chi connectivity index (χ0v) is 13.2. The van der Waals surface area contributed by atoms with Crippen LogP contribution in [0.15, 0.2) is 24.3 Å². The zero-order chi connectivity index (χ0) is 14.4. The standard InChI is InChI=1S/C18H29NO/c1-4-16(19-5-2)15-11-7-9-13-18(15)20-17-12-8-6-10-14(17)3/h7,9,11,13-14,16-17,19H,4-6,8,10,12H2,1-3H3. The van der Waals surface area contributed by atoms with Gasteiger partial charge in [-0.15, -0.1) is 0 Å². The summed E-state index contributed by atoms with van der Waals surface area (Å²) in [6.07, 6.45) is 6.65. The Morgan fingerprint density at radius 2 is 1.95 bits per heavy atom. The zero-order valence-electron chi connectivity index (χ0n) is 13.2. The topological polar surface area (TPSA) is 21.3 Å². The van der Waals surface area contributed by atoms with Crippen molar-refractivity contribution in [3.63, 3.8) is 0 Å². The van der Waals surface area contributed by atoms with Crippen LogP contribution in [0.5, 0.6) is 5.75 Å². The van der Waals surface area contributed by atoms with Crippen molar-refractivity contribution in [2.75, 3.05) is 6.54 Å². The molecule has 3 unspecified atom stereocenters. The Morgan fingerprint density at radius 1 is 1.20 bits per heavy atom. The molecule has 1 aliphatic rings. The number of para-hydroxylation sites is 1. The molecule has 1 aromatic carbocycles. The van der Waals surface area contributed by atoms with Crippen LogP contribution in [0.2, 0.25) is 0 Å². The Hall–Kier alpha value is -1.02. The predicted molar refractivity (Wildman–Crippen MR) is 85.2 cm³/mol. The van der Waals surface area contributed by atoms with E-state index in [-0.39, 0.29) is 0 Å². The lowest BCUT2D eigenvalue weighted by Gasteiger charge is -2.31. The van der Waals surface area contributed by atoms with Gasteiger partial charge in [0.2, 0.25) is 0 Å². The monoisotopic (exact) mass is 275 g/mol. The number of rotatable bonds is 6. The first-order chi connectivity index (χ1) is 9.76. The molecule has 0 aliphatic heterocycles. The minimum Gasteiger partial charge on any atom is -0.490 e. The molecular formula is C18H29NO. The molecule has 0 amide bonds. The van der Waals surface area contributed by atoms with Crippen molar-refractivity contribution in [2.45, 2.75) is 65.0 Å². The van der Waals surface area contributed by atoms with E-state index in [2.05, 4.69) is 50.4 Å². The van der Waals surface area contributed by atoms with Crippen molar-refractivity contribution in [2.24, 2.45) is 5.92 Å². The number of hydrogen-bond acceptors (Lipinski definition) is 2. The molecule has 1 fully saturated rings. The Bertz CT molecular complexity index is 404. The van der Waals surface area contributed by atoms with Gasteiger partial charge in [-0.1, -0.05) is 45.4 Å². The first-order valence-corrected chi connectivity index (χ1v) is 8.25. The summed E-state index contributed by atoms with van der Waals surface area (Å²) in [5.41, 5.74) is 1.31. The lowest BCUT2D eigenvalue weighted by atomic mass is 9.88. The van der Waals surface area contributed by atoms with Crippen LogP contribution in [0.25, 0.3) is 0 Å². The highest BCUT2D eigenvalue weighted by atomic mass is 16.5. The minimum absolute atomic E-state index is 0.393. The van der Waals surface area contributed by atoms with Crippen molar-refractivity contribution in [3.05, 3.63) is 29.8 Å². The summed E-state index contributed by atoms with van der Waals surface area (Å²) in [5.74, 6) is 1.76. The van der Waals surface area contributed by atoms with Gasteiger partial charge in [-0.25, -0.2) is 0 Å². The van der Waals surface area contributed by atoms with Crippen molar-refractivity contribution in [3.8, 4) is 5.75 Å². The van der Waals surface area contributed by atoms with E-state index >= 15 is 0 Å². The fraction of sp³-hybridized carbons (Fsp3) is 0.667. The second-order valence-electron chi connectivity index (χ2n) is 5.97. The largest absolute Gasteiger partial charge is 0.490 e. The summed E-state index contributed by atoms with van der Waals surface area (Å²) >= 11 is 0. The molecule has 0 aromatic heterocycles. The molecule has 0 saturated heterocycles. The van der Waals surface area contributed by atoms with Crippen molar-refractivity contribution < 1.29 is 4.74 Å². The van der Waals surface area contributed by atoms with Gasteiger partial charge in [-0.3, -0.25) is 0 Å². The maximum atomic E-state index is 6.39. The molecule has 1 saturated carbocycles. The highest BCUT2D eigenvalue weighted by Gasteiger charge is 2.24. The van der Waals surface area contributed by atoms with Crippen LogP contribution >= 0.6 is 0 Å². The summed E-state index contributed by atoms with van der Waals surface area (Å²) in [7, 11) is 0. The van der Waals surface area contributed by atoms with E-state index in [1.807, 2.05) is 0 Å². The Morgan fingerprint density at radius 3 is 2.65 bits per heavy atom. The summed E-state index contributed by atoms with van der Waals surface area (Å²) in [6, 6.07) is 8.95. The molecular weight excluding hydrogens is 246 g/mol. The first kappa shape index (κ1) is 15.4. The van der Waals surface area contributed by atoms with Crippen LogP contribution in [-0.4, -0.2) is 12.6 Å². The summed E-state index contributed by atoms with van der Waals surface area (Å²) in [4.78, 5) is 0. The van der Waals surface area contributed by atoms with E-state index in [1.165, 1.54) is 31.2 Å². The fourth-order valence-electron chi connectivity index (χ4n) is 3.22. The quantitative estimate of drug-likeness (QED) is 0.812. The molecule has 0 heterocycles. The molecule has 2 heteroatoms. The number of benzene rings is 1. The minimum atomic E-state index is 0.393. The lowest BCUT2D eigenvalue weighted by molar-refractivity contribution is 0.101. The van der Waals surface area contributed by atoms with E-state index in [0.29, 0.717) is 18.1 Å². The van der Waals surface area contributed by atoms with Crippen LogP contribution in [-0.2, 0) is 0 Å². The van der Waals surface area contributed by atoms with Crippen LogP contribution in [0, 0.1) is 5.92 Å². The van der Waals surface area contributed by atoms with Gasteiger partial charge in [0.05, 0.1) is 0 Å². The van der Waals surface area contributed by atoms with Gasteiger partial charge in [0.1, 0.15) is 11.9 Å². The average molecular weight is 275 g/mol. The summed E-state index contributed by atoms with van der Waals surface area (Å²) in [6.45, 7) is 7.71. The van der Waals surface area contributed by atoms with E-state index in [9.17, 15) is 0 Å². The highest BCUT2D eigenvalue weighted by molar-refractivity contribution is 5.36. The van der Waals surface area contributed by atoms with Crippen molar-refractivity contribution in [1.82, 2.24) is 5.32 Å². The molecule has 1 aromatic rings. The molecule has 2 nitrogen and oxygen atoms in total. The maximum absolute atomic E-state index is 6.39. The van der Waals surface area contributed by atoms with Gasteiger partial charge in [-0.05, 0) is 44.2 Å². The van der Waals surface area contributed by atoms with Gasteiger partial charge in [0.25, 0.3) is 0 Å². The molecule has 3 atom stereocenters. The number of nitrogens with one attached hydrogen (secondary N) is 1. The molecule has 112 valence electrons. The van der Waals surface area contributed by atoms with Gasteiger partial charge < -0.3 is 10.1 Å². The summed E-state index contributed by atoms with van der Waals surface area (Å²) in [5, 5.41) is 3.56. The van der Waals surface area contributed by atoms with E-state index in [4.69, 9.17) is 4.74 Å². The van der Waals surface area contributed by atoms with E-state index < -0.39 is 0 Å². The maximum Gasteiger partial charge on any atom is 0.124 e. The van der Waals surface area contributed by atoms with Gasteiger partial charge >= 0.3 is 0 Å². The molecule has 1 N–H and O–H groups in total. The van der Waals surface area contributed by atoms with Crippen LogP contribution in [0.4, 0.5) is 0 Å². The van der Waals surface area contributed by atoms with Gasteiger partial charge in [0, 0.05) is 11.6 Å². The van der Waals surface area contributed by atoms with Crippen LogP contribution < -0.4 is 10.1 Å². The average Bonchev–Trinajstić information content (AvgIpc) is 2.48. The molecule has 0 radical (unpaired) electrons. The molecule has 0 bridgehead atoms. The molecule has 2 rings (SSSR count). The fourth-order valence-corrected chi connectivity index (χ4v) is 3.22. The Kier molecular flexibility index (Phi) is 5.90. The second kappa shape index (κ2) is 7.68. The molecule has 1 aliphatic carbocycles. The van der Waals surface area contributed by atoms with Crippen LogP contribution in [0.1, 0.15) is 64.5 Å². The Balaban J connectivity index is 2.14. The van der Waals surface area contributed by atoms with E-state index in [1.54, 1.807) is 0 Å². The third kappa shape index (κ3) is 3.76. The van der Waals surface area contributed by atoms with Gasteiger partial charge in [-0.2, -0.15) is 0 Å². The SMILES string of the molecule is CCNC(CC)c1ccccc1OC1CCCCC1C. The van der Waals surface area contributed by atoms with Crippen LogP contribution in [0.3, 0.4) is 0 Å². The second-order valence-corrected chi connectivity index (χ2v) is 5.97. The third-order valence-electron chi connectivity index (χ3n) is 4.46.